The first-order chi connectivity index (χ1) is 11.2. The van der Waals surface area contributed by atoms with Crippen LogP contribution in [-0.4, -0.2) is 9.55 Å². The van der Waals surface area contributed by atoms with Gasteiger partial charge in [-0.3, -0.25) is 9.36 Å². The van der Waals surface area contributed by atoms with Gasteiger partial charge in [-0.05, 0) is 49.1 Å². The quantitative estimate of drug-likeness (QED) is 0.680. The molecular formula is C20H18N2O. The standard InChI is InChI=1S/C20H18N2O/c1-14-9-10-18-17(12-14)20(23)22-11-5-8-16(19(22)21-18)13-15-6-3-2-4-7-15/h2-4,6-7,9-10,12-13H,5,8,11H2,1H3. The molecule has 0 amide bonds. The fraction of sp³-hybridized carbons (Fsp3) is 0.200. The third kappa shape index (κ3) is 2.48. The molecule has 3 aromatic rings. The van der Waals surface area contributed by atoms with Crippen LogP contribution < -0.4 is 5.56 Å². The molecular weight excluding hydrogens is 284 g/mol. The van der Waals surface area contributed by atoms with E-state index in [9.17, 15) is 4.79 Å². The lowest BCUT2D eigenvalue weighted by atomic mass is 10.0. The Hall–Kier alpha value is -2.68. The van der Waals surface area contributed by atoms with Crippen LogP contribution in [0.5, 0.6) is 0 Å². The van der Waals surface area contributed by atoms with Gasteiger partial charge in [0.05, 0.1) is 10.9 Å². The van der Waals surface area contributed by atoms with E-state index in [0.717, 1.165) is 52.8 Å². The zero-order valence-corrected chi connectivity index (χ0v) is 13.1. The molecule has 0 aliphatic carbocycles. The largest absolute Gasteiger partial charge is 0.292 e. The number of nitrogens with zero attached hydrogens (tertiary/aromatic N) is 2. The van der Waals surface area contributed by atoms with Crippen LogP contribution in [0.1, 0.15) is 29.8 Å². The molecule has 0 unspecified atom stereocenters. The molecule has 1 aliphatic heterocycles. The van der Waals surface area contributed by atoms with E-state index >= 15 is 0 Å². The van der Waals surface area contributed by atoms with E-state index in [2.05, 4.69) is 18.2 Å². The van der Waals surface area contributed by atoms with Gasteiger partial charge in [-0.2, -0.15) is 0 Å². The van der Waals surface area contributed by atoms with E-state index in [1.165, 1.54) is 0 Å². The molecule has 1 aromatic heterocycles. The molecule has 0 saturated heterocycles. The second-order valence-corrected chi connectivity index (χ2v) is 6.10. The molecule has 0 spiro atoms. The monoisotopic (exact) mass is 302 g/mol. The maximum Gasteiger partial charge on any atom is 0.261 e. The lowest BCUT2D eigenvalue weighted by Crippen LogP contribution is -2.27. The smallest absolute Gasteiger partial charge is 0.261 e. The van der Waals surface area contributed by atoms with E-state index in [1.54, 1.807) is 0 Å². The second kappa shape index (κ2) is 5.51. The van der Waals surface area contributed by atoms with Crippen LogP contribution in [0.25, 0.3) is 22.6 Å². The molecule has 114 valence electrons. The van der Waals surface area contributed by atoms with Gasteiger partial charge < -0.3 is 0 Å². The van der Waals surface area contributed by atoms with Crippen LogP contribution in [0.3, 0.4) is 0 Å². The highest BCUT2D eigenvalue weighted by molar-refractivity contribution is 5.84. The van der Waals surface area contributed by atoms with Crippen LogP contribution in [-0.2, 0) is 6.54 Å². The zero-order chi connectivity index (χ0) is 15.8. The SMILES string of the molecule is Cc1ccc2nc3n(c(=O)c2c1)CCCC3=Cc1ccccc1. The Morgan fingerprint density at radius 3 is 2.78 bits per heavy atom. The van der Waals surface area contributed by atoms with Crippen molar-refractivity contribution >= 4 is 22.6 Å². The molecule has 3 heteroatoms. The van der Waals surface area contributed by atoms with Crippen molar-refractivity contribution in [2.24, 2.45) is 0 Å². The van der Waals surface area contributed by atoms with E-state index in [0.29, 0.717) is 0 Å². The van der Waals surface area contributed by atoms with Gasteiger partial charge >= 0.3 is 0 Å². The molecule has 0 N–H and O–H groups in total. The molecule has 3 nitrogen and oxygen atoms in total. The Balaban J connectivity index is 1.95. The van der Waals surface area contributed by atoms with Crippen molar-refractivity contribution in [3.63, 3.8) is 0 Å². The highest BCUT2D eigenvalue weighted by Crippen LogP contribution is 2.27. The first kappa shape index (κ1) is 13.9. The highest BCUT2D eigenvalue weighted by Gasteiger charge is 2.18. The molecule has 0 atom stereocenters. The Bertz CT molecular complexity index is 968. The predicted molar refractivity (Wildman–Crippen MR) is 94.3 cm³/mol. The number of aromatic nitrogens is 2. The zero-order valence-electron chi connectivity index (χ0n) is 13.1. The number of benzene rings is 2. The Kier molecular flexibility index (Phi) is 3.34. The maximum atomic E-state index is 12.8. The van der Waals surface area contributed by atoms with E-state index in [4.69, 9.17) is 4.98 Å². The number of allylic oxidation sites excluding steroid dienone is 1. The minimum Gasteiger partial charge on any atom is -0.292 e. The van der Waals surface area contributed by atoms with Crippen molar-refractivity contribution < 1.29 is 0 Å². The molecule has 0 radical (unpaired) electrons. The lowest BCUT2D eigenvalue weighted by molar-refractivity contribution is 0.587. The minimum atomic E-state index is 0.0763. The van der Waals surface area contributed by atoms with E-state index in [1.807, 2.05) is 47.9 Å². The van der Waals surface area contributed by atoms with Gasteiger partial charge in [0.25, 0.3) is 5.56 Å². The molecule has 4 rings (SSSR count). The molecule has 2 aromatic carbocycles. The van der Waals surface area contributed by atoms with Gasteiger partial charge in [-0.15, -0.1) is 0 Å². The van der Waals surface area contributed by atoms with Crippen LogP contribution >= 0.6 is 0 Å². The lowest BCUT2D eigenvalue weighted by Gasteiger charge is -2.21. The van der Waals surface area contributed by atoms with Crippen molar-refractivity contribution in [2.75, 3.05) is 0 Å². The summed E-state index contributed by atoms with van der Waals surface area (Å²) in [6, 6.07) is 16.1. The summed E-state index contributed by atoms with van der Waals surface area (Å²) >= 11 is 0. The van der Waals surface area contributed by atoms with Crippen LogP contribution in [0.2, 0.25) is 0 Å². The number of hydrogen-bond donors (Lipinski definition) is 0. The first-order valence-corrected chi connectivity index (χ1v) is 7.99. The van der Waals surface area contributed by atoms with Gasteiger partial charge in [-0.1, -0.05) is 42.0 Å². The summed E-state index contributed by atoms with van der Waals surface area (Å²) in [5.41, 5.74) is 4.24. The second-order valence-electron chi connectivity index (χ2n) is 6.10. The average Bonchev–Trinajstić information content (AvgIpc) is 2.57. The van der Waals surface area contributed by atoms with Crippen molar-refractivity contribution in [1.82, 2.24) is 9.55 Å². The van der Waals surface area contributed by atoms with E-state index in [-0.39, 0.29) is 5.56 Å². The van der Waals surface area contributed by atoms with Crippen LogP contribution in [0.15, 0.2) is 53.3 Å². The number of fused-ring (bicyclic) bond motifs is 2. The number of aryl methyl sites for hydroxylation is 1. The van der Waals surface area contributed by atoms with Gasteiger partial charge in [-0.25, -0.2) is 4.98 Å². The summed E-state index contributed by atoms with van der Waals surface area (Å²) in [6.45, 7) is 2.75. The number of rotatable bonds is 1. The van der Waals surface area contributed by atoms with Gasteiger partial charge in [0.15, 0.2) is 0 Å². The Morgan fingerprint density at radius 1 is 1.13 bits per heavy atom. The average molecular weight is 302 g/mol. The predicted octanol–water partition coefficient (Wildman–Crippen LogP) is 4.04. The summed E-state index contributed by atoms with van der Waals surface area (Å²) in [5, 5.41) is 0.717. The minimum absolute atomic E-state index is 0.0763. The molecule has 2 heterocycles. The van der Waals surface area contributed by atoms with Gasteiger partial charge in [0, 0.05) is 6.54 Å². The summed E-state index contributed by atoms with van der Waals surface area (Å²) in [7, 11) is 0. The number of hydrogen-bond acceptors (Lipinski definition) is 2. The first-order valence-electron chi connectivity index (χ1n) is 7.99. The molecule has 0 fully saturated rings. The van der Waals surface area contributed by atoms with Gasteiger partial charge in [0.2, 0.25) is 0 Å². The van der Waals surface area contributed by atoms with Crippen molar-refractivity contribution in [2.45, 2.75) is 26.3 Å². The summed E-state index contributed by atoms with van der Waals surface area (Å²) in [5.74, 6) is 0.821. The fourth-order valence-electron chi connectivity index (χ4n) is 3.21. The summed E-state index contributed by atoms with van der Waals surface area (Å²) in [4.78, 5) is 17.6. The third-order valence-electron chi connectivity index (χ3n) is 4.37. The molecule has 1 aliphatic rings. The van der Waals surface area contributed by atoms with Gasteiger partial charge in [0.1, 0.15) is 5.82 Å². The third-order valence-corrected chi connectivity index (χ3v) is 4.37. The Morgan fingerprint density at radius 2 is 1.96 bits per heavy atom. The van der Waals surface area contributed by atoms with Crippen molar-refractivity contribution in [1.29, 1.82) is 0 Å². The fourth-order valence-corrected chi connectivity index (χ4v) is 3.21. The summed E-state index contributed by atoms with van der Waals surface area (Å²) in [6.07, 6.45) is 4.08. The summed E-state index contributed by atoms with van der Waals surface area (Å²) < 4.78 is 1.83. The van der Waals surface area contributed by atoms with Crippen molar-refractivity contribution in [3.8, 4) is 0 Å². The van der Waals surface area contributed by atoms with Crippen molar-refractivity contribution in [3.05, 3.63) is 75.8 Å². The molecule has 0 saturated carbocycles. The molecule has 23 heavy (non-hydrogen) atoms. The van der Waals surface area contributed by atoms with Crippen LogP contribution in [0.4, 0.5) is 0 Å². The Labute approximate surface area is 134 Å². The maximum absolute atomic E-state index is 12.8. The highest BCUT2D eigenvalue weighted by atomic mass is 16.1. The van der Waals surface area contributed by atoms with Crippen LogP contribution in [0, 0.1) is 6.92 Å². The van der Waals surface area contributed by atoms with E-state index < -0.39 is 0 Å². The molecule has 0 bridgehead atoms. The normalized spacial score (nSPS) is 15.8. The topological polar surface area (TPSA) is 34.9 Å².